The number of likely N-dealkylation sites (tertiary alicyclic amines) is 1. The number of fused-ring (bicyclic) bond motifs is 2. The van der Waals surface area contributed by atoms with Gasteiger partial charge in [0, 0.05) is 12.3 Å². The number of nitrogens with zero attached hydrogens (tertiary/aromatic N) is 1. The third-order valence-electron chi connectivity index (χ3n) is 5.45. The van der Waals surface area contributed by atoms with Gasteiger partial charge >= 0.3 is 0 Å². The van der Waals surface area contributed by atoms with Crippen molar-refractivity contribution in [1.82, 2.24) is 15.5 Å². The second-order valence-electron chi connectivity index (χ2n) is 7.08. The van der Waals surface area contributed by atoms with Crippen LogP contribution in [-0.2, 0) is 15.0 Å². The highest BCUT2D eigenvalue weighted by Crippen LogP contribution is 2.50. The van der Waals surface area contributed by atoms with Gasteiger partial charge in [0.05, 0.1) is 19.1 Å². The summed E-state index contributed by atoms with van der Waals surface area (Å²) in [6, 6.07) is 8.55. The Hall–Kier alpha value is -2.32. The topological polar surface area (TPSA) is 61.4 Å². The van der Waals surface area contributed by atoms with Gasteiger partial charge < -0.3 is 10.6 Å². The van der Waals surface area contributed by atoms with Gasteiger partial charge in [-0.05, 0) is 43.5 Å². The highest BCUT2D eigenvalue weighted by atomic mass is 16.2. The number of amides is 2. The number of piperidine rings is 1. The average Bonchev–Trinajstić information content (AvgIpc) is 2.89. The Morgan fingerprint density at radius 1 is 1.32 bits per heavy atom. The minimum absolute atomic E-state index is 0.0134. The second-order valence-corrected chi connectivity index (χ2v) is 7.08. The molecule has 5 heteroatoms. The molecule has 1 aliphatic carbocycles. The third kappa shape index (κ3) is 3.69. The molecule has 1 spiro atoms. The summed E-state index contributed by atoms with van der Waals surface area (Å²) in [7, 11) is 0. The zero-order valence-corrected chi connectivity index (χ0v) is 14.7. The number of terminal acetylenes is 1. The lowest BCUT2D eigenvalue weighted by molar-refractivity contribution is -0.122. The van der Waals surface area contributed by atoms with Gasteiger partial charge in [-0.3, -0.25) is 14.5 Å². The molecule has 0 aromatic heterocycles. The Morgan fingerprint density at radius 2 is 2.04 bits per heavy atom. The molecule has 1 saturated heterocycles. The lowest BCUT2D eigenvalue weighted by Gasteiger charge is -2.40. The molecule has 2 amide bonds. The first-order valence-corrected chi connectivity index (χ1v) is 8.83. The molecule has 2 N–H and O–H groups in total. The first-order chi connectivity index (χ1) is 12.0. The Morgan fingerprint density at radius 3 is 2.72 bits per heavy atom. The number of nitrogens with one attached hydrogen (secondary N) is 2. The van der Waals surface area contributed by atoms with Gasteiger partial charge in [-0.25, -0.2) is 0 Å². The number of carbonyl (C=O) groups excluding carboxylic acids is 2. The molecule has 0 radical (unpaired) electrons. The van der Waals surface area contributed by atoms with E-state index in [1.165, 1.54) is 11.1 Å². The van der Waals surface area contributed by atoms with Crippen LogP contribution in [0.1, 0.15) is 43.4 Å². The predicted molar refractivity (Wildman–Crippen MR) is 96.8 cm³/mol. The number of hydrogen-bond donors (Lipinski definition) is 2. The minimum Gasteiger partial charge on any atom is -0.349 e. The molecule has 2 aliphatic rings. The smallest absolute Gasteiger partial charge is 0.234 e. The van der Waals surface area contributed by atoms with Crippen LogP contribution in [0, 0.1) is 12.3 Å². The van der Waals surface area contributed by atoms with Crippen molar-refractivity contribution in [3.8, 4) is 12.3 Å². The van der Waals surface area contributed by atoms with Crippen LogP contribution in [0.5, 0.6) is 0 Å². The Balaban J connectivity index is 1.67. The van der Waals surface area contributed by atoms with Crippen molar-refractivity contribution >= 4 is 11.8 Å². The maximum Gasteiger partial charge on any atom is 0.234 e. The van der Waals surface area contributed by atoms with E-state index in [0.717, 1.165) is 32.4 Å². The van der Waals surface area contributed by atoms with Crippen molar-refractivity contribution in [2.75, 3.05) is 26.2 Å². The summed E-state index contributed by atoms with van der Waals surface area (Å²) in [5.41, 5.74) is 2.72. The standard InChI is InChI=1S/C20H25N3O2/c1-3-10-21-19(25)14-23-11-8-20(9-12-23)13-18(22-15(2)24)16-6-4-5-7-17(16)20/h1,4-7,18H,8-14H2,2H3,(H,21,25)(H,22,24)/t18-/m0/s1. The van der Waals surface area contributed by atoms with Crippen LogP contribution in [0.3, 0.4) is 0 Å². The number of benzene rings is 1. The van der Waals surface area contributed by atoms with E-state index in [0.29, 0.717) is 6.54 Å². The molecule has 0 bridgehead atoms. The van der Waals surface area contributed by atoms with Crippen LogP contribution < -0.4 is 10.6 Å². The molecule has 1 aromatic carbocycles. The van der Waals surface area contributed by atoms with Crippen molar-refractivity contribution in [1.29, 1.82) is 0 Å². The molecule has 132 valence electrons. The van der Waals surface area contributed by atoms with E-state index in [1.54, 1.807) is 6.92 Å². The summed E-state index contributed by atoms with van der Waals surface area (Å²) in [5.74, 6) is 2.42. The van der Waals surface area contributed by atoms with Gasteiger partial charge in [0.1, 0.15) is 0 Å². The largest absolute Gasteiger partial charge is 0.349 e. The lowest BCUT2D eigenvalue weighted by Crippen LogP contribution is -2.46. The summed E-state index contributed by atoms with van der Waals surface area (Å²) in [6.07, 6.45) is 8.13. The predicted octanol–water partition coefficient (Wildman–Crippen LogP) is 1.35. The molecule has 1 heterocycles. The fraction of sp³-hybridized carbons (Fsp3) is 0.500. The van der Waals surface area contributed by atoms with Crippen LogP contribution >= 0.6 is 0 Å². The highest BCUT2D eigenvalue weighted by Gasteiger charge is 2.45. The normalized spacial score (nSPS) is 21.4. The monoisotopic (exact) mass is 339 g/mol. The quantitative estimate of drug-likeness (QED) is 0.814. The summed E-state index contributed by atoms with van der Waals surface area (Å²) in [5, 5.41) is 5.82. The molecular weight excluding hydrogens is 314 g/mol. The van der Waals surface area contributed by atoms with Crippen molar-refractivity contribution in [2.45, 2.75) is 37.6 Å². The molecular formula is C20H25N3O2. The maximum atomic E-state index is 11.9. The van der Waals surface area contributed by atoms with Crippen LogP contribution in [0.25, 0.3) is 0 Å². The van der Waals surface area contributed by atoms with Gasteiger partial charge in [-0.1, -0.05) is 30.2 Å². The Labute approximate surface area is 149 Å². The number of hydrogen-bond acceptors (Lipinski definition) is 3. The summed E-state index contributed by atoms with van der Waals surface area (Å²) >= 11 is 0. The van der Waals surface area contributed by atoms with Gasteiger partial charge in [0.25, 0.3) is 0 Å². The second kappa shape index (κ2) is 7.28. The Bertz CT molecular complexity index is 699. The summed E-state index contributed by atoms with van der Waals surface area (Å²) in [4.78, 5) is 25.6. The Kier molecular flexibility index (Phi) is 5.10. The molecule has 3 rings (SSSR count). The van der Waals surface area contributed by atoms with Crippen LogP contribution in [-0.4, -0.2) is 42.9 Å². The van der Waals surface area contributed by atoms with E-state index >= 15 is 0 Å². The van der Waals surface area contributed by atoms with E-state index in [9.17, 15) is 9.59 Å². The van der Waals surface area contributed by atoms with Gasteiger partial charge in [0.2, 0.25) is 11.8 Å². The van der Waals surface area contributed by atoms with Crippen molar-refractivity contribution in [3.05, 3.63) is 35.4 Å². The average molecular weight is 339 g/mol. The number of carbonyl (C=O) groups is 2. The van der Waals surface area contributed by atoms with E-state index < -0.39 is 0 Å². The molecule has 1 aliphatic heterocycles. The van der Waals surface area contributed by atoms with E-state index in [4.69, 9.17) is 6.42 Å². The molecule has 5 nitrogen and oxygen atoms in total. The van der Waals surface area contributed by atoms with Crippen LogP contribution in [0.4, 0.5) is 0 Å². The zero-order chi connectivity index (χ0) is 17.9. The van der Waals surface area contributed by atoms with Crippen LogP contribution in [0.15, 0.2) is 24.3 Å². The van der Waals surface area contributed by atoms with Gasteiger partial charge in [-0.2, -0.15) is 0 Å². The third-order valence-corrected chi connectivity index (χ3v) is 5.45. The van der Waals surface area contributed by atoms with Crippen molar-refractivity contribution < 1.29 is 9.59 Å². The fourth-order valence-corrected chi connectivity index (χ4v) is 4.29. The molecule has 1 aromatic rings. The SMILES string of the molecule is C#CCNC(=O)CN1CCC2(CC1)C[C@H](NC(C)=O)c1ccccc12. The molecule has 25 heavy (non-hydrogen) atoms. The summed E-state index contributed by atoms with van der Waals surface area (Å²) < 4.78 is 0. The highest BCUT2D eigenvalue weighted by molar-refractivity contribution is 5.78. The van der Waals surface area contributed by atoms with Crippen molar-refractivity contribution in [3.63, 3.8) is 0 Å². The lowest BCUT2D eigenvalue weighted by atomic mass is 9.73. The summed E-state index contributed by atoms with van der Waals surface area (Å²) in [6.45, 7) is 4.01. The minimum atomic E-state index is -0.0168. The molecule has 0 unspecified atom stereocenters. The number of rotatable bonds is 4. The maximum absolute atomic E-state index is 11.9. The van der Waals surface area contributed by atoms with E-state index in [1.807, 2.05) is 6.07 Å². The first kappa shape index (κ1) is 17.5. The van der Waals surface area contributed by atoms with E-state index in [-0.39, 0.29) is 29.8 Å². The van der Waals surface area contributed by atoms with Gasteiger partial charge in [0.15, 0.2) is 0 Å². The molecule has 1 atom stereocenters. The molecule has 0 saturated carbocycles. The first-order valence-electron chi connectivity index (χ1n) is 8.83. The zero-order valence-electron chi connectivity index (χ0n) is 14.7. The fourth-order valence-electron chi connectivity index (χ4n) is 4.29. The van der Waals surface area contributed by atoms with Crippen LogP contribution in [0.2, 0.25) is 0 Å². The van der Waals surface area contributed by atoms with Crippen molar-refractivity contribution in [2.24, 2.45) is 0 Å². The van der Waals surface area contributed by atoms with E-state index in [2.05, 4.69) is 39.7 Å². The van der Waals surface area contributed by atoms with Gasteiger partial charge in [-0.15, -0.1) is 6.42 Å². The molecule has 1 fully saturated rings.